The molecule has 0 radical (unpaired) electrons. The van der Waals surface area contributed by atoms with E-state index in [9.17, 15) is 22.0 Å². The molecule has 0 aliphatic rings. The number of hydrogen-bond donors (Lipinski definition) is 2. The van der Waals surface area contributed by atoms with Crippen molar-refractivity contribution in [3.8, 4) is 0 Å². The fourth-order valence-electron chi connectivity index (χ4n) is 0.891. The summed E-state index contributed by atoms with van der Waals surface area (Å²) < 4.78 is 55.2. The first-order chi connectivity index (χ1) is 6.73. The van der Waals surface area contributed by atoms with E-state index in [-0.39, 0.29) is 12.1 Å². The van der Waals surface area contributed by atoms with Gasteiger partial charge in [-0.1, -0.05) is 0 Å². The van der Waals surface area contributed by atoms with Crippen molar-refractivity contribution in [2.24, 2.45) is 0 Å². The minimum atomic E-state index is -4.91. The van der Waals surface area contributed by atoms with Gasteiger partial charge in [0.2, 0.25) is 0 Å². The highest BCUT2D eigenvalue weighted by atomic mass is 32.2. The number of carboxylic acid groups (broad SMARTS) is 1. The normalized spacial score (nSPS) is 11.4. The molecule has 1 aromatic rings. The first kappa shape index (κ1) is 11.5. The lowest BCUT2D eigenvalue weighted by Crippen LogP contribution is -2.08. The second-order valence-corrected chi connectivity index (χ2v) is 3.93. The minimum absolute atomic E-state index is 0.0759. The molecule has 0 spiro atoms. The maximum Gasteiger partial charge on any atom is 0.338 e. The van der Waals surface area contributed by atoms with Gasteiger partial charge in [-0.3, -0.25) is 4.55 Å². The molecule has 0 aliphatic carbocycles. The van der Waals surface area contributed by atoms with Gasteiger partial charge in [0.25, 0.3) is 10.1 Å². The lowest BCUT2D eigenvalue weighted by Gasteiger charge is -2.02. The van der Waals surface area contributed by atoms with Gasteiger partial charge in [0.05, 0.1) is 5.56 Å². The Labute approximate surface area is 82.7 Å². The van der Waals surface area contributed by atoms with E-state index in [1.54, 1.807) is 0 Å². The van der Waals surface area contributed by atoms with E-state index in [4.69, 9.17) is 9.66 Å². The zero-order chi connectivity index (χ0) is 11.8. The molecule has 0 amide bonds. The molecule has 15 heavy (non-hydrogen) atoms. The highest BCUT2D eigenvalue weighted by Gasteiger charge is 2.22. The van der Waals surface area contributed by atoms with Gasteiger partial charge in [0, 0.05) is 6.07 Å². The Kier molecular flexibility index (Phi) is 2.73. The van der Waals surface area contributed by atoms with Crippen LogP contribution in [-0.2, 0) is 10.1 Å². The van der Waals surface area contributed by atoms with E-state index in [1.165, 1.54) is 0 Å². The highest BCUT2D eigenvalue weighted by molar-refractivity contribution is 7.85. The van der Waals surface area contributed by atoms with Crippen LogP contribution in [0, 0.1) is 11.6 Å². The van der Waals surface area contributed by atoms with Crippen LogP contribution in [0.3, 0.4) is 0 Å². The van der Waals surface area contributed by atoms with Crippen LogP contribution in [-0.4, -0.2) is 24.0 Å². The predicted octanol–water partition coefficient (Wildman–Crippen LogP) is 0.910. The SMILES string of the molecule is O=C(O)c1cc(S(=O)(=O)O)c(F)cc1F. The van der Waals surface area contributed by atoms with Crippen LogP contribution < -0.4 is 0 Å². The third-order valence-electron chi connectivity index (χ3n) is 1.53. The van der Waals surface area contributed by atoms with Gasteiger partial charge < -0.3 is 5.11 Å². The van der Waals surface area contributed by atoms with E-state index >= 15 is 0 Å². The Morgan fingerprint density at radius 2 is 1.73 bits per heavy atom. The molecular weight excluding hydrogens is 234 g/mol. The first-order valence-electron chi connectivity index (χ1n) is 3.43. The van der Waals surface area contributed by atoms with Crippen LogP contribution in [0.4, 0.5) is 8.78 Å². The molecule has 8 heteroatoms. The van der Waals surface area contributed by atoms with Crippen LogP contribution in [0.25, 0.3) is 0 Å². The zero-order valence-electron chi connectivity index (χ0n) is 6.94. The molecule has 5 nitrogen and oxygen atoms in total. The second kappa shape index (κ2) is 3.55. The summed E-state index contributed by atoms with van der Waals surface area (Å²) in [5, 5.41) is 8.41. The fraction of sp³-hybridized carbons (Fsp3) is 0. The largest absolute Gasteiger partial charge is 0.478 e. The third-order valence-corrected chi connectivity index (χ3v) is 2.40. The standard InChI is InChI=1S/C7H4F2O5S/c8-4-2-5(9)6(15(12,13)14)1-3(4)7(10)11/h1-2H,(H,10,11)(H,12,13,14). The van der Waals surface area contributed by atoms with E-state index in [1.807, 2.05) is 0 Å². The summed E-state index contributed by atoms with van der Waals surface area (Å²) in [6.07, 6.45) is 0. The van der Waals surface area contributed by atoms with Gasteiger partial charge in [-0.05, 0) is 6.07 Å². The molecule has 0 unspecified atom stereocenters. The minimum Gasteiger partial charge on any atom is -0.478 e. The Bertz CT molecular complexity index is 522. The Balaban J connectivity index is 3.58. The van der Waals surface area contributed by atoms with E-state index in [0.29, 0.717) is 0 Å². The average Bonchev–Trinajstić information content (AvgIpc) is 2.00. The van der Waals surface area contributed by atoms with Gasteiger partial charge in [-0.2, -0.15) is 8.42 Å². The van der Waals surface area contributed by atoms with Gasteiger partial charge >= 0.3 is 5.97 Å². The second-order valence-electron chi connectivity index (χ2n) is 2.54. The molecule has 0 atom stereocenters. The molecule has 1 aromatic carbocycles. The lowest BCUT2D eigenvalue weighted by atomic mass is 10.2. The summed E-state index contributed by atoms with van der Waals surface area (Å²) in [7, 11) is -4.91. The van der Waals surface area contributed by atoms with Crippen molar-refractivity contribution in [3.63, 3.8) is 0 Å². The summed E-state index contributed by atoms with van der Waals surface area (Å²) in [6, 6.07) is 0.287. The predicted molar refractivity (Wildman–Crippen MR) is 43.1 cm³/mol. The monoisotopic (exact) mass is 238 g/mol. The van der Waals surface area contributed by atoms with Gasteiger partial charge in [0.15, 0.2) is 0 Å². The average molecular weight is 238 g/mol. The van der Waals surface area contributed by atoms with Crippen LogP contribution >= 0.6 is 0 Å². The molecule has 0 fully saturated rings. The molecule has 0 saturated carbocycles. The van der Waals surface area contributed by atoms with Crippen molar-refractivity contribution in [2.45, 2.75) is 4.90 Å². The number of halogens is 2. The maximum absolute atomic E-state index is 12.8. The molecule has 0 aromatic heterocycles. The molecule has 0 bridgehead atoms. The van der Waals surface area contributed by atoms with Crippen molar-refractivity contribution in [2.75, 3.05) is 0 Å². The molecule has 82 valence electrons. The Morgan fingerprint density at radius 3 is 2.13 bits per heavy atom. The quantitative estimate of drug-likeness (QED) is 0.747. The number of aromatic carboxylic acids is 1. The molecule has 2 N–H and O–H groups in total. The summed E-state index contributed by atoms with van der Waals surface area (Å²) in [5.74, 6) is -4.75. The maximum atomic E-state index is 12.8. The van der Waals surface area contributed by atoms with Gasteiger partial charge in [-0.25, -0.2) is 13.6 Å². The van der Waals surface area contributed by atoms with E-state index < -0.39 is 38.2 Å². The van der Waals surface area contributed by atoms with Crippen molar-refractivity contribution in [3.05, 3.63) is 29.3 Å². The number of carboxylic acids is 1. The van der Waals surface area contributed by atoms with Crippen LogP contribution in [0.5, 0.6) is 0 Å². The molecule has 0 aliphatic heterocycles. The molecule has 0 heterocycles. The topological polar surface area (TPSA) is 91.7 Å². The Hall–Kier alpha value is -1.54. The number of carbonyl (C=O) groups is 1. The smallest absolute Gasteiger partial charge is 0.338 e. The lowest BCUT2D eigenvalue weighted by molar-refractivity contribution is 0.0691. The zero-order valence-corrected chi connectivity index (χ0v) is 7.75. The van der Waals surface area contributed by atoms with Gasteiger partial charge in [0.1, 0.15) is 16.5 Å². The highest BCUT2D eigenvalue weighted by Crippen LogP contribution is 2.19. The molecule has 1 rings (SSSR count). The number of benzene rings is 1. The fourth-order valence-corrected chi connectivity index (χ4v) is 1.46. The number of hydrogen-bond acceptors (Lipinski definition) is 3. The summed E-state index contributed by atoms with van der Waals surface area (Å²) >= 11 is 0. The molecule has 0 saturated heterocycles. The van der Waals surface area contributed by atoms with Crippen LogP contribution in [0.15, 0.2) is 17.0 Å². The summed E-state index contributed by atoms with van der Waals surface area (Å²) in [6.45, 7) is 0. The van der Waals surface area contributed by atoms with Crippen molar-refractivity contribution >= 4 is 16.1 Å². The first-order valence-corrected chi connectivity index (χ1v) is 4.87. The van der Waals surface area contributed by atoms with Crippen LogP contribution in [0.2, 0.25) is 0 Å². The van der Waals surface area contributed by atoms with E-state index in [2.05, 4.69) is 0 Å². The van der Waals surface area contributed by atoms with Crippen molar-refractivity contribution in [1.29, 1.82) is 0 Å². The summed E-state index contributed by atoms with van der Waals surface area (Å²) in [5.41, 5.74) is -1.04. The van der Waals surface area contributed by atoms with Crippen LogP contribution in [0.1, 0.15) is 10.4 Å². The van der Waals surface area contributed by atoms with Crippen molar-refractivity contribution < 1.29 is 31.7 Å². The summed E-state index contributed by atoms with van der Waals surface area (Å²) in [4.78, 5) is 9.10. The third kappa shape index (κ3) is 2.28. The van der Waals surface area contributed by atoms with Gasteiger partial charge in [-0.15, -0.1) is 0 Å². The Morgan fingerprint density at radius 1 is 1.20 bits per heavy atom. The number of rotatable bonds is 2. The van der Waals surface area contributed by atoms with Crippen molar-refractivity contribution in [1.82, 2.24) is 0 Å². The van der Waals surface area contributed by atoms with E-state index in [0.717, 1.165) is 0 Å². The molecular formula is C7H4F2O5S.